The van der Waals surface area contributed by atoms with Crippen LogP contribution < -0.4 is 5.32 Å². The second-order valence-corrected chi connectivity index (χ2v) is 7.08. The lowest BCUT2D eigenvalue weighted by atomic mass is 10.2. The molecule has 0 atom stereocenters. The monoisotopic (exact) mass is 362 g/mol. The molecule has 130 valence electrons. The zero-order chi connectivity index (χ0) is 17.8. The van der Waals surface area contributed by atoms with Gasteiger partial charge in [-0.2, -0.15) is 0 Å². The maximum absolute atomic E-state index is 12.1. The van der Waals surface area contributed by atoms with Gasteiger partial charge in [-0.3, -0.25) is 4.79 Å². The van der Waals surface area contributed by atoms with Crippen LogP contribution in [0.5, 0.6) is 0 Å². The zero-order valence-electron chi connectivity index (χ0n) is 14.1. The first-order chi connectivity index (χ1) is 12.8. The molecule has 2 aromatic carbocycles. The number of fused-ring (bicyclic) bond motifs is 1. The van der Waals surface area contributed by atoms with Gasteiger partial charge >= 0.3 is 0 Å². The average Bonchev–Trinajstić information content (AvgIpc) is 3.31. The Hall–Kier alpha value is -2.92. The van der Waals surface area contributed by atoms with E-state index < -0.39 is 0 Å². The Morgan fingerprint density at radius 3 is 2.65 bits per heavy atom. The van der Waals surface area contributed by atoms with Crippen molar-refractivity contribution in [2.24, 2.45) is 0 Å². The Labute approximate surface area is 155 Å². The Morgan fingerprint density at radius 2 is 1.88 bits per heavy atom. The van der Waals surface area contributed by atoms with Crippen LogP contribution in [0.3, 0.4) is 0 Å². The minimum atomic E-state index is 0.0381. The smallest absolute Gasteiger partial charge is 0.227 e. The number of hydrogen-bond donors (Lipinski definition) is 1. The summed E-state index contributed by atoms with van der Waals surface area (Å²) in [5.74, 6) is 0.621. The Balaban J connectivity index is 1.35. The number of anilines is 1. The van der Waals surface area contributed by atoms with Crippen molar-refractivity contribution in [1.82, 2.24) is 4.98 Å². The zero-order valence-corrected chi connectivity index (χ0v) is 15.0. The average molecular weight is 362 g/mol. The maximum atomic E-state index is 12.1. The quantitative estimate of drug-likeness (QED) is 0.491. The third-order valence-corrected chi connectivity index (χ3v) is 5.05. The standard InChI is InChI=1S/C21H18N2O2S/c24-20(9-3-5-17-6-4-14-26-17)22-16-12-10-15(11-13-16)21-23-18-7-1-2-8-19(18)25-21/h1-2,4,6-8,10-14H,3,5,9H2,(H,22,24). The number of oxazole rings is 1. The highest BCUT2D eigenvalue weighted by molar-refractivity contribution is 7.09. The summed E-state index contributed by atoms with van der Waals surface area (Å²) in [4.78, 5) is 17.9. The number of aromatic nitrogens is 1. The van der Waals surface area contributed by atoms with Crippen molar-refractivity contribution in [1.29, 1.82) is 0 Å². The summed E-state index contributed by atoms with van der Waals surface area (Å²) >= 11 is 1.73. The van der Waals surface area contributed by atoms with Crippen LogP contribution in [0.15, 0.2) is 70.5 Å². The molecule has 0 aliphatic rings. The molecule has 1 N–H and O–H groups in total. The van der Waals surface area contributed by atoms with Gasteiger partial charge in [0.25, 0.3) is 0 Å². The number of nitrogens with zero attached hydrogens (tertiary/aromatic N) is 1. The summed E-state index contributed by atoms with van der Waals surface area (Å²) in [5.41, 5.74) is 3.28. The number of carbonyl (C=O) groups is 1. The van der Waals surface area contributed by atoms with Crippen LogP contribution in [0.25, 0.3) is 22.6 Å². The normalized spacial score (nSPS) is 10.9. The Bertz CT molecular complexity index is 971. The van der Waals surface area contributed by atoms with Crippen molar-refractivity contribution in [3.8, 4) is 11.5 Å². The predicted molar refractivity (Wildman–Crippen MR) is 105 cm³/mol. The molecule has 4 rings (SSSR count). The summed E-state index contributed by atoms with van der Waals surface area (Å²) < 4.78 is 5.77. The van der Waals surface area contributed by atoms with E-state index in [1.807, 2.05) is 54.6 Å². The molecule has 0 aliphatic carbocycles. The number of thiophene rings is 1. The predicted octanol–water partition coefficient (Wildman–Crippen LogP) is 5.52. The maximum Gasteiger partial charge on any atom is 0.227 e. The van der Waals surface area contributed by atoms with Gasteiger partial charge < -0.3 is 9.73 Å². The third kappa shape index (κ3) is 3.83. The summed E-state index contributed by atoms with van der Waals surface area (Å²) in [7, 11) is 0. The van der Waals surface area contributed by atoms with Gasteiger partial charge in [-0.05, 0) is 60.7 Å². The molecule has 0 fully saturated rings. The summed E-state index contributed by atoms with van der Waals surface area (Å²) in [6.45, 7) is 0. The fourth-order valence-electron chi connectivity index (χ4n) is 2.79. The van der Waals surface area contributed by atoms with E-state index >= 15 is 0 Å². The molecule has 0 saturated carbocycles. The highest BCUT2D eigenvalue weighted by atomic mass is 32.1. The van der Waals surface area contributed by atoms with Gasteiger partial charge in [0.2, 0.25) is 11.8 Å². The summed E-state index contributed by atoms with van der Waals surface area (Å²) in [6.07, 6.45) is 2.32. The summed E-state index contributed by atoms with van der Waals surface area (Å²) in [6, 6.07) is 19.4. The summed E-state index contributed by atoms with van der Waals surface area (Å²) in [5, 5.41) is 5.00. The molecule has 4 aromatic rings. The van der Waals surface area contributed by atoms with Crippen LogP contribution in [0.1, 0.15) is 17.7 Å². The SMILES string of the molecule is O=C(CCCc1cccs1)Nc1ccc(-c2nc3ccccc3o2)cc1. The van der Waals surface area contributed by atoms with E-state index in [1.54, 1.807) is 11.3 Å². The van der Waals surface area contributed by atoms with Crippen LogP contribution in [-0.4, -0.2) is 10.9 Å². The second kappa shape index (κ2) is 7.54. The highest BCUT2D eigenvalue weighted by Crippen LogP contribution is 2.25. The molecule has 0 radical (unpaired) electrons. The van der Waals surface area contributed by atoms with E-state index in [4.69, 9.17) is 4.42 Å². The number of hydrogen-bond acceptors (Lipinski definition) is 4. The van der Waals surface area contributed by atoms with Gasteiger partial charge in [-0.25, -0.2) is 4.98 Å². The van der Waals surface area contributed by atoms with E-state index in [0.29, 0.717) is 12.3 Å². The molecule has 1 amide bonds. The molecule has 2 heterocycles. The molecular formula is C21H18N2O2S. The van der Waals surface area contributed by atoms with E-state index in [1.165, 1.54) is 4.88 Å². The van der Waals surface area contributed by atoms with E-state index in [-0.39, 0.29) is 5.91 Å². The number of carbonyl (C=O) groups excluding carboxylic acids is 1. The molecule has 5 heteroatoms. The van der Waals surface area contributed by atoms with Crippen molar-refractivity contribution in [3.05, 3.63) is 70.9 Å². The van der Waals surface area contributed by atoms with Crippen molar-refractivity contribution >= 4 is 34.0 Å². The minimum Gasteiger partial charge on any atom is -0.436 e. The Morgan fingerprint density at radius 1 is 1.04 bits per heavy atom. The van der Waals surface area contributed by atoms with Crippen molar-refractivity contribution in [3.63, 3.8) is 0 Å². The third-order valence-electron chi connectivity index (χ3n) is 4.12. The lowest BCUT2D eigenvalue weighted by Gasteiger charge is -2.05. The first-order valence-corrected chi connectivity index (χ1v) is 9.44. The van der Waals surface area contributed by atoms with Gasteiger partial charge in [-0.1, -0.05) is 18.2 Å². The fraction of sp³-hybridized carbons (Fsp3) is 0.143. The van der Waals surface area contributed by atoms with Gasteiger partial charge in [-0.15, -0.1) is 11.3 Å². The number of benzene rings is 2. The van der Waals surface area contributed by atoms with Gasteiger partial charge in [0.15, 0.2) is 5.58 Å². The van der Waals surface area contributed by atoms with Crippen LogP contribution in [-0.2, 0) is 11.2 Å². The van der Waals surface area contributed by atoms with Crippen LogP contribution in [0, 0.1) is 0 Å². The minimum absolute atomic E-state index is 0.0381. The molecule has 0 saturated heterocycles. The lowest BCUT2D eigenvalue weighted by molar-refractivity contribution is -0.116. The topological polar surface area (TPSA) is 55.1 Å². The van der Waals surface area contributed by atoms with Crippen LogP contribution in [0.2, 0.25) is 0 Å². The number of nitrogens with one attached hydrogen (secondary N) is 1. The van der Waals surface area contributed by atoms with Crippen LogP contribution in [0.4, 0.5) is 5.69 Å². The van der Waals surface area contributed by atoms with Gasteiger partial charge in [0.05, 0.1) is 0 Å². The molecule has 0 aliphatic heterocycles. The molecule has 0 spiro atoms. The number of amides is 1. The van der Waals surface area contributed by atoms with E-state index in [2.05, 4.69) is 21.7 Å². The number of rotatable bonds is 6. The van der Waals surface area contributed by atoms with Crippen LogP contribution >= 0.6 is 11.3 Å². The first-order valence-electron chi connectivity index (χ1n) is 8.56. The Kier molecular flexibility index (Phi) is 4.80. The molecule has 4 nitrogen and oxygen atoms in total. The van der Waals surface area contributed by atoms with E-state index in [9.17, 15) is 4.79 Å². The molecule has 2 aromatic heterocycles. The van der Waals surface area contributed by atoms with Crippen molar-refractivity contribution in [2.45, 2.75) is 19.3 Å². The molecular weight excluding hydrogens is 344 g/mol. The van der Waals surface area contributed by atoms with Gasteiger partial charge in [0.1, 0.15) is 5.52 Å². The second-order valence-electron chi connectivity index (χ2n) is 6.05. The number of para-hydroxylation sites is 2. The van der Waals surface area contributed by atoms with Gasteiger partial charge in [0, 0.05) is 22.5 Å². The van der Waals surface area contributed by atoms with E-state index in [0.717, 1.165) is 35.2 Å². The molecule has 26 heavy (non-hydrogen) atoms. The highest BCUT2D eigenvalue weighted by Gasteiger charge is 2.08. The largest absolute Gasteiger partial charge is 0.436 e. The molecule has 0 unspecified atom stereocenters. The van der Waals surface area contributed by atoms with Crippen molar-refractivity contribution < 1.29 is 9.21 Å². The van der Waals surface area contributed by atoms with Crippen molar-refractivity contribution in [2.75, 3.05) is 5.32 Å². The lowest BCUT2D eigenvalue weighted by Crippen LogP contribution is -2.11. The fourth-order valence-corrected chi connectivity index (χ4v) is 3.54. The molecule has 0 bridgehead atoms. The first kappa shape index (κ1) is 16.5. The number of aryl methyl sites for hydroxylation is 1.